The molecule has 1 rings (SSSR count). The number of hydrogen-bond donors (Lipinski definition) is 2. The number of nitrogens with one attached hydrogen (secondary N) is 1. The van der Waals surface area contributed by atoms with Crippen LogP contribution in [0.15, 0.2) is 18.2 Å². The molecular weight excluding hydrogens is 214 g/mol. The average molecular weight is 235 g/mol. The molecule has 0 heterocycles. The predicted octanol–water partition coefficient (Wildman–Crippen LogP) is 2.19. The molecule has 0 aliphatic rings. The number of benzene rings is 1. The Balaban J connectivity index is 2.53. The molecule has 0 fully saturated rings. The fourth-order valence-corrected chi connectivity index (χ4v) is 1.86. The Morgan fingerprint density at radius 3 is 2.47 bits per heavy atom. The van der Waals surface area contributed by atoms with E-state index in [1.165, 1.54) is 0 Å². The SMILES string of the molecule is Cc1cccc(C)c1C(=O)NCCCC(C)O. The maximum atomic E-state index is 12.0. The van der Waals surface area contributed by atoms with E-state index in [0.29, 0.717) is 13.0 Å². The van der Waals surface area contributed by atoms with Gasteiger partial charge in [-0.15, -0.1) is 0 Å². The van der Waals surface area contributed by atoms with Crippen molar-refractivity contribution in [3.8, 4) is 0 Å². The molecule has 17 heavy (non-hydrogen) atoms. The van der Waals surface area contributed by atoms with E-state index >= 15 is 0 Å². The molecule has 3 heteroatoms. The van der Waals surface area contributed by atoms with Crippen LogP contribution in [0.4, 0.5) is 0 Å². The first-order valence-electron chi connectivity index (χ1n) is 6.05. The van der Waals surface area contributed by atoms with E-state index in [-0.39, 0.29) is 12.0 Å². The maximum Gasteiger partial charge on any atom is 0.251 e. The molecule has 94 valence electrons. The van der Waals surface area contributed by atoms with Gasteiger partial charge in [0.25, 0.3) is 5.91 Å². The Hall–Kier alpha value is -1.35. The second-order valence-corrected chi connectivity index (χ2v) is 4.51. The lowest BCUT2D eigenvalue weighted by Crippen LogP contribution is -2.26. The third-order valence-electron chi connectivity index (χ3n) is 2.79. The van der Waals surface area contributed by atoms with Crippen LogP contribution in [0.1, 0.15) is 41.3 Å². The average Bonchev–Trinajstić information content (AvgIpc) is 2.24. The molecule has 1 aromatic carbocycles. The molecule has 0 bridgehead atoms. The third-order valence-corrected chi connectivity index (χ3v) is 2.79. The molecular formula is C14H21NO2. The molecule has 1 aromatic rings. The first-order chi connectivity index (χ1) is 8.02. The van der Waals surface area contributed by atoms with E-state index in [1.807, 2.05) is 32.0 Å². The van der Waals surface area contributed by atoms with Gasteiger partial charge in [-0.05, 0) is 44.7 Å². The highest BCUT2D eigenvalue weighted by Crippen LogP contribution is 2.12. The van der Waals surface area contributed by atoms with E-state index in [1.54, 1.807) is 6.92 Å². The fourth-order valence-electron chi connectivity index (χ4n) is 1.86. The standard InChI is InChI=1S/C14H21NO2/c1-10-6-4-7-11(2)13(10)14(17)15-9-5-8-12(3)16/h4,6-7,12,16H,5,8-9H2,1-3H3,(H,15,17). The number of rotatable bonds is 5. The first-order valence-corrected chi connectivity index (χ1v) is 6.05. The summed E-state index contributed by atoms with van der Waals surface area (Å²) in [6.45, 7) is 6.25. The molecule has 0 spiro atoms. The van der Waals surface area contributed by atoms with Gasteiger partial charge in [0, 0.05) is 12.1 Å². The molecule has 0 radical (unpaired) electrons. The third kappa shape index (κ3) is 4.19. The summed E-state index contributed by atoms with van der Waals surface area (Å²) in [6.07, 6.45) is 1.22. The van der Waals surface area contributed by atoms with Gasteiger partial charge in [0.1, 0.15) is 0 Å². The van der Waals surface area contributed by atoms with Crippen molar-refractivity contribution in [1.29, 1.82) is 0 Å². The lowest BCUT2D eigenvalue weighted by Gasteiger charge is -2.10. The van der Waals surface area contributed by atoms with Gasteiger partial charge in [-0.1, -0.05) is 18.2 Å². The Bertz CT molecular complexity index is 366. The van der Waals surface area contributed by atoms with Gasteiger partial charge >= 0.3 is 0 Å². The number of aliphatic hydroxyl groups is 1. The van der Waals surface area contributed by atoms with E-state index in [0.717, 1.165) is 23.1 Å². The summed E-state index contributed by atoms with van der Waals surface area (Å²) < 4.78 is 0. The van der Waals surface area contributed by atoms with Crippen LogP contribution in [0, 0.1) is 13.8 Å². The second-order valence-electron chi connectivity index (χ2n) is 4.51. The number of aliphatic hydroxyl groups excluding tert-OH is 1. The van der Waals surface area contributed by atoms with Crippen molar-refractivity contribution >= 4 is 5.91 Å². The highest BCUT2D eigenvalue weighted by atomic mass is 16.3. The number of carbonyl (C=O) groups is 1. The van der Waals surface area contributed by atoms with Crippen molar-refractivity contribution in [2.24, 2.45) is 0 Å². The highest BCUT2D eigenvalue weighted by molar-refractivity contribution is 5.96. The zero-order valence-corrected chi connectivity index (χ0v) is 10.8. The number of amides is 1. The minimum Gasteiger partial charge on any atom is -0.393 e. The van der Waals surface area contributed by atoms with Crippen molar-refractivity contribution in [1.82, 2.24) is 5.32 Å². The maximum absolute atomic E-state index is 12.0. The monoisotopic (exact) mass is 235 g/mol. The summed E-state index contributed by atoms with van der Waals surface area (Å²) in [4.78, 5) is 12.0. The Morgan fingerprint density at radius 2 is 1.94 bits per heavy atom. The van der Waals surface area contributed by atoms with Crippen molar-refractivity contribution in [2.45, 2.75) is 39.7 Å². The van der Waals surface area contributed by atoms with Crippen molar-refractivity contribution in [2.75, 3.05) is 6.54 Å². The van der Waals surface area contributed by atoms with Crippen molar-refractivity contribution in [3.63, 3.8) is 0 Å². The minimum atomic E-state index is -0.299. The zero-order chi connectivity index (χ0) is 12.8. The van der Waals surface area contributed by atoms with E-state index in [9.17, 15) is 4.79 Å². The molecule has 0 saturated heterocycles. The highest BCUT2D eigenvalue weighted by Gasteiger charge is 2.10. The first kappa shape index (κ1) is 13.7. The molecule has 0 aliphatic heterocycles. The number of carbonyl (C=O) groups excluding carboxylic acids is 1. The largest absolute Gasteiger partial charge is 0.393 e. The summed E-state index contributed by atoms with van der Waals surface area (Å²) >= 11 is 0. The van der Waals surface area contributed by atoms with Gasteiger partial charge in [0.05, 0.1) is 6.10 Å². The summed E-state index contributed by atoms with van der Waals surface area (Å²) in [7, 11) is 0. The van der Waals surface area contributed by atoms with E-state index in [2.05, 4.69) is 5.32 Å². The van der Waals surface area contributed by atoms with Gasteiger partial charge in [0.15, 0.2) is 0 Å². The van der Waals surface area contributed by atoms with Gasteiger partial charge in [-0.25, -0.2) is 0 Å². The van der Waals surface area contributed by atoms with Crippen LogP contribution < -0.4 is 5.32 Å². The summed E-state index contributed by atoms with van der Waals surface area (Å²) in [5, 5.41) is 12.0. The smallest absolute Gasteiger partial charge is 0.251 e. The van der Waals surface area contributed by atoms with Gasteiger partial charge < -0.3 is 10.4 Å². The lowest BCUT2D eigenvalue weighted by atomic mass is 10.0. The normalized spacial score (nSPS) is 12.2. The van der Waals surface area contributed by atoms with E-state index < -0.39 is 0 Å². The molecule has 0 aromatic heterocycles. The Morgan fingerprint density at radius 1 is 1.35 bits per heavy atom. The summed E-state index contributed by atoms with van der Waals surface area (Å²) in [5.41, 5.74) is 2.76. The van der Waals surface area contributed by atoms with Gasteiger partial charge in [0.2, 0.25) is 0 Å². The summed E-state index contributed by atoms with van der Waals surface area (Å²) in [6, 6.07) is 5.84. The molecule has 1 atom stereocenters. The second kappa shape index (κ2) is 6.40. The van der Waals surface area contributed by atoms with Crippen molar-refractivity contribution < 1.29 is 9.90 Å². The molecule has 1 unspecified atom stereocenters. The molecule has 2 N–H and O–H groups in total. The Labute approximate surface area is 103 Å². The van der Waals surface area contributed by atoms with Gasteiger partial charge in [-0.2, -0.15) is 0 Å². The predicted molar refractivity (Wildman–Crippen MR) is 69.2 cm³/mol. The van der Waals surface area contributed by atoms with Crippen LogP contribution in [0.3, 0.4) is 0 Å². The minimum absolute atomic E-state index is 0.0220. The number of hydrogen-bond acceptors (Lipinski definition) is 2. The Kier molecular flexibility index (Phi) is 5.16. The lowest BCUT2D eigenvalue weighted by molar-refractivity contribution is 0.0948. The molecule has 0 saturated carbocycles. The molecule has 1 amide bonds. The van der Waals surface area contributed by atoms with Crippen LogP contribution in [0.2, 0.25) is 0 Å². The molecule has 0 aliphatic carbocycles. The zero-order valence-electron chi connectivity index (χ0n) is 10.8. The summed E-state index contributed by atoms with van der Waals surface area (Å²) in [5.74, 6) is -0.0220. The van der Waals surface area contributed by atoms with Gasteiger partial charge in [-0.3, -0.25) is 4.79 Å². The van der Waals surface area contributed by atoms with Crippen LogP contribution >= 0.6 is 0 Å². The van der Waals surface area contributed by atoms with Crippen LogP contribution in [-0.4, -0.2) is 23.7 Å². The van der Waals surface area contributed by atoms with E-state index in [4.69, 9.17) is 5.11 Å². The fraction of sp³-hybridized carbons (Fsp3) is 0.500. The topological polar surface area (TPSA) is 49.3 Å². The number of aryl methyl sites for hydroxylation is 2. The quantitative estimate of drug-likeness (QED) is 0.769. The molecule has 3 nitrogen and oxygen atoms in total. The van der Waals surface area contributed by atoms with Crippen molar-refractivity contribution in [3.05, 3.63) is 34.9 Å². The van der Waals surface area contributed by atoms with Crippen LogP contribution in [-0.2, 0) is 0 Å². The van der Waals surface area contributed by atoms with Crippen LogP contribution in [0.5, 0.6) is 0 Å². The van der Waals surface area contributed by atoms with Crippen LogP contribution in [0.25, 0.3) is 0 Å².